The fourth-order valence-corrected chi connectivity index (χ4v) is 1.84. The summed E-state index contributed by atoms with van der Waals surface area (Å²) in [5, 5.41) is 9.87. The highest BCUT2D eigenvalue weighted by molar-refractivity contribution is 5.88. The molecule has 1 heterocycles. The highest BCUT2D eigenvalue weighted by Crippen LogP contribution is 2.37. The second kappa shape index (κ2) is 5.47. The van der Waals surface area contributed by atoms with Gasteiger partial charge in [0.05, 0.1) is 14.2 Å². The predicted octanol–water partition coefficient (Wildman–Crippen LogP) is 1.52. The number of ether oxygens (including phenoxy) is 2. The molecule has 0 spiro atoms. The zero-order valence-electron chi connectivity index (χ0n) is 10.7. The molecule has 2 rings (SSSR count). The molecular weight excluding hydrogens is 270 g/mol. The largest absolute Gasteiger partial charge is 0.493 e. The molecule has 2 aromatic rings. The maximum Gasteiger partial charge on any atom is 0.336 e. The third kappa shape index (κ3) is 2.48. The Labute approximate surface area is 112 Å². The summed E-state index contributed by atoms with van der Waals surface area (Å²) in [6.07, 6.45) is 0. The highest BCUT2D eigenvalue weighted by atomic mass is 16.9. The summed E-state index contributed by atoms with van der Waals surface area (Å²) in [7, 11) is 2.81. The van der Waals surface area contributed by atoms with Gasteiger partial charge in [-0.3, -0.25) is 0 Å². The summed E-state index contributed by atoms with van der Waals surface area (Å²) >= 11 is 0. The molecule has 0 fully saturated rings. The molecule has 1 aromatic heterocycles. The van der Waals surface area contributed by atoms with Crippen LogP contribution in [0.1, 0.15) is 5.56 Å². The molecule has 0 aliphatic heterocycles. The van der Waals surface area contributed by atoms with Gasteiger partial charge in [-0.05, 0) is 17.7 Å². The van der Waals surface area contributed by atoms with Gasteiger partial charge in [-0.15, -0.1) is 10.1 Å². The van der Waals surface area contributed by atoms with Gasteiger partial charge in [0.1, 0.15) is 6.61 Å². The van der Waals surface area contributed by atoms with Crippen molar-refractivity contribution in [3.8, 4) is 11.5 Å². The van der Waals surface area contributed by atoms with Gasteiger partial charge in [-0.1, -0.05) is 0 Å². The SMILES string of the molecule is COc1cc(CO[N+](=O)[O-])c2ccc(=O)oc2c1OC. The molecule has 0 saturated carbocycles. The van der Waals surface area contributed by atoms with Gasteiger partial charge >= 0.3 is 5.63 Å². The molecule has 1 aromatic carbocycles. The average molecular weight is 281 g/mol. The molecule has 0 radical (unpaired) electrons. The van der Waals surface area contributed by atoms with E-state index in [0.717, 1.165) is 0 Å². The van der Waals surface area contributed by atoms with E-state index >= 15 is 0 Å². The standard InChI is InChI=1S/C12H11NO7/c1-17-9-5-7(6-19-13(15)16)8-3-4-10(14)20-11(8)12(9)18-2/h3-5H,6H2,1-2H3. The van der Waals surface area contributed by atoms with Crippen molar-refractivity contribution in [1.82, 2.24) is 0 Å². The smallest absolute Gasteiger partial charge is 0.336 e. The molecule has 0 amide bonds. The molecular formula is C12H11NO7. The first kappa shape index (κ1) is 13.7. The molecule has 8 heteroatoms. The molecule has 0 aliphatic rings. The Hall–Kier alpha value is -2.77. The van der Waals surface area contributed by atoms with Crippen molar-refractivity contribution in [2.75, 3.05) is 14.2 Å². The summed E-state index contributed by atoms with van der Waals surface area (Å²) in [4.78, 5) is 26.0. The molecule has 0 atom stereocenters. The lowest BCUT2D eigenvalue weighted by Crippen LogP contribution is -2.04. The Morgan fingerprint density at radius 1 is 1.30 bits per heavy atom. The molecule has 0 N–H and O–H groups in total. The molecule has 0 bridgehead atoms. The van der Waals surface area contributed by atoms with Gasteiger partial charge in [0.2, 0.25) is 5.75 Å². The second-order valence-corrected chi connectivity index (χ2v) is 3.77. The van der Waals surface area contributed by atoms with Gasteiger partial charge in [-0.2, -0.15) is 0 Å². The van der Waals surface area contributed by atoms with Crippen LogP contribution < -0.4 is 15.1 Å². The third-order valence-electron chi connectivity index (χ3n) is 2.66. The van der Waals surface area contributed by atoms with Crippen molar-refractivity contribution >= 4 is 11.0 Å². The summed E-state index contributed by atoms with van der Waals surface area (Å²) in [6.45, 7) is -0.294. The predicted molar refractivity (Wildman–Crippen MR) is 67.4 cm³/mol. The molecule has 8 nitrogen and oxygen atoms in total. The number of hydrogen-bond acceptors (Lipinski definition) is 7. The highest BCUT2D eigenvalue weighted by Gasteiger charge is 2.16. The maximum absolute atomic E-state index is 11.3. The van der Waals surface area contributed by atoms with E-state index in [2.05, 4.69) is 4.84 Å². The van der Waals surface area contributed by atoms with E-state index in [9.17, 15) is 14.9 Å². The van der Waals surface area contributed by atoms with Crippen LogP contribution in [0.5, 0.6) is 11.5 Å². The lowest BCUT2D eigenvalue weighted by Gasteiger charge is -2.12. The van der Waals surface area contributed by atoms with Crippen LogP contribution in [0, 0.1) is 10.1 Å². The Morgan fingerprint density at radius 3 is 2.65 bits per heavy atom. The number of benzene rings is 1. The van der Waals surface area contributed by atoms with Crippen molar-refractivity contribution < 1.29 is 23.8 Å². The first-order valence-electron chi connectivity index (χ1n) is 5.52. The summed E-state index contributed by atoms with van der Waals surface area (Å²) in [6, 6.07) is 4.23. The van der Waals surface area contributed by atoms with E-state index in [-0.39, 0.29) is 23.7 Å². The lowest BCUT2D eigenvalue weighted by atomic mass is 10.1. The molecule has 106 valence electrons. The number of rotatable bonds is 5. The zero-order chi connectivity index (χ0) is 14.7. The average Bonchev–Trinajstić information content (AvgIpc) is 2.43. The third-order valence-corrected chi connectivity index (χ3v) is 2.66. The van der Waals surface area contributed by atoms with Crippen molar-refractivity contribution in [2.45, 2.75) is 6.61 Å². The van der Waals surface area contributed by atoms with Crippen LogP contribution in [0.15, 0.2) is 27.4 Å². The fraction of sp³-hybridized carbons (Fsp3) is 0.250. The topological polar surface area (TPSA) is 101 Å². The van der Waals surface area contributed by atoms with Crippen LogP contribution in [0.4, 0.5) is 0 Å². The molecule has 0 unspecified atom stereocenters. The minimum Gasteiger partial charge on any atom is -0.493 e. The van der Waals surface area contributed by atoms with Gasteiger partial charge in [0.15, 0.2) is 11.3 Å². The Morgan fingerprint density at radius 2 is 2.05 bits per heavy atom. The first-order valence-corrected chi connectivity index (χ1v) is 5.52. The number of methoxy groups -OCH3 is 2. The molecule has 20 heavy (non-hydrogen) atoms. The van der Waals surface area contributed by atoms with Crippen molar-refractivity contribution in [3.05, 3.63) is 44.3 Å². The van der Waals surface area contributed by atoms with E-state index in [1.807, 2.05) is 0 Å². The van der Waals surface area contributed by atoms with Crippen LogP contribution in [-0.2, 0) is 11.4 Å². The van der Waals surface area contributed by atoms with E-state index in [1.165, 1.54) is 32.4 Å². The number of fused-ring (bicyclic) bond motifs is 1. The Kier molecular flexibility index (Phi) is 3.74. The number of hydrogen-bond donors (Lipinski definition) is 0. The minimum atomic E-state index is -0.901. The zero-order valence-corrected chi connectivity index (χ0v) is 10.7. The Bertz CT molecular complexity index is 707. The normalized spacial score (nSPS) is 10.3. The Balaban J connectivity index is 2.68. The van der Waals surface area contributed by atoms with E-state index in [1.54, 1.807) is 0 Å². The summed E-state index contributed by atoms with van der Waals surface area (Å²) < 4.78 is 15.4. The van der Waals surface area contributed by atoms with Gasteiger partial charge in [-0.25, -0.2) is 4.79 Å². The fourth-order valence-electron chi connectivity index (χ4n) is 1.84. The van der Waals surface area contributed by atoms with Crippen LogP contribution in [0.2, 0.25) is 0 Å². The first-order chi connectivity index (χ1) is 9.56. The van der Waals surface area contributed by atoms with Crippen LogP contribution in [0.3, 0.4) is 0 Å². The van der Waals surface area contributed by atoms with Crippen LogP contribution >= 0.6 is 0 Å². The van der Waals surface area contributed by atoms with E-state index < -0.39 is 10.7 Å². The van der Waals surface area contributed by atoms with Crippen molar-refractivity contribution in [3.63, 3.8) is 0 Å². The summed E-state index contributed by atoms with van der Waals surface area (Å²) in [5.74, 6) is 0.529. The second-order valence-electron chi connectivity index (χ2n) is 3.77. The van der Waals surface area contributed by atoms with Gasteiger partial charge in [0, 0.05) is 11.5 Å². The van der Waals surface area contributed by atoms with Crippen molar-refractivity contribution in [1.29, 1.82) is 0 Å². The van der Waals surface area contributed by atoms with Crippen molar-refractivity contribution in [2.24, 2.45) is 0 Å². The van der Waals surface area contributed by atoms with E-state index in [4.69, 9.17) is 13.9 Å². The van der Waals surface area contributed by atoms with Crippen LogP contribution in [0.25, 0.3) is 11.0 Å². The van der Waals surface area contributed by atoms with Crippen LogP contribution in [-0.4, -0.2) is 19.3 Å². The lowest BCUT2D eigenvalue weighted by molar-refractivity contribution is -0.762. The van der Waals surface area contributed by atoms with E-state index in [0.29, 0.717) is 10.9 Å². The summed E-state index contributed by atoms with van der Waals surface area (Å²) in [5.41, 5.74) is 0.0320. The van der Waals surface area contributed by atoms with Gasteiger partial charge in [0.25, 0.3) is 5.09 Å². The monoisotopic (exact) mass is 281 g/mol. The quantitative estimate of drug-likeness (QED) is 0.465. The minimum absolute atomic E-state index is 0.154. The molecule has 0 saturated heterocycles. The number of nitrogens with zero attached hydrogens (tertiary/aromatic N) is 1. The molecule has 0 aliphatic carbocycles. The maximum atomic E-state index is 11.3. The van der Waals surface area contributed by atoms with Gasteiger partial charge < -0.3 is 18.7 Å².